The molecule has 144 valence electrons. The Morgan fingerprint density at radius 3 is 2.62 bits per heavy atom. The number of benzene rings is 1. The number of sulfone groups is 1. The number of halogens is 1. The Kier molecular flexibility index (Phi) is 5.94. The van der Waals surface area contributed by atoms with E-state index in [0.29, 0.717) is 6.54 Å². The predicted molar refractivity (Wildman–Crippen MR) is 101 cm³/mol. The fraction of sp³-hybridized carbons (Fsp3) is 0.588. The van der Waals surface area contributed by atoms with Gasteiger partial charge in [-0.2, -0.15) is 0 Å². The van der Waals surface area contributed by atoms with Crippen molar-refractivity contribution in [1.29, 1.82) is 0 Å². The van der Waals surface area contributed by atoms with Crippen molar-refractivity contribution in [3.8, 4) is 5.75 Å². The second-order valence-electron chi connectivity index (χ2n) is 6.85. The highest BCUT2D eigenvalue weighted by Crippen LogP contribution is 2.27. The lowest BCUT2D eigenvalue weighted by atomic mass is 10.2. The molecule has 1 aromatic rings. The first-order valence-electron chi connectivity index (χ1n) is 8.73. The monoisotopic (exact) mass is 402 g/mol. The molecule has 2 fully saturated rings. The molecule has 2 aliphatic heterocycles. The summed E-state index contributed by atoms with van der Waals surface area (Å²) in [7, 11) is -1.48. The molecular formula is C17H25ClN3O4S+. The third-order valence-electron chi connectivity index (χ3n) is 4.94. The lowest BCUT2D eigenvalue weighted by Crippen LogP contribution is -3.16. The van der Waals surface area contributed by atoms with Crippen LogP contribution < -0.4 is 19.9 Å². The number of nitrogens with one attached hydrogen (secondary N) is 2. The van der Waals surface area contributed by atoms with Crippen LogP contribution in [0, 0.1) is 0 Å². The predicted octanol–water partition coefficient (Wildman–Crippen LogP) is -1.08. The van der Waals surface area contributed by atoms with Gasteiger partial charge in [0.25, 0.3) is 5.91 Å². The van der Waals surface area contributed by atoms with Crippen LogP contribution in [-0.2, 0) is 14.6 Å². The third-order valence-corrected chi connectivity index (χ3v) is 7.31. The van der Waals surface area contributed by atoms with E-state index in [0.717, 1.165) is 37.6 Å². The lowest BCUT2D eigenvalue weighted by molar-refractivity contribution is -0.892. The molecule has 2 saturated heterocycles. The lowest BCUT2D eigenvalue weighted by Gasteiger charge is -2.34. The summed E-state index contributed by atoms with van der Waals surface area (Å²) in [6.07, 6.45) is 0. The van der Waals surface area contributed by atoms with E-state index in [9.17, 15) is 13.2 Å². The Morgan fingerprint density at radius 1 is 1.31 bits per heavy atom. The molecule has 9 heteroatoms. The van der Waals surface area contributed by atoms with E-state index in [1.165, 1.54) is 4.90 Å². The van der Waals surface area contributed by atoms with Gasteiger partial charge in [0.05, 0.1) is 61.9 Å². The van der Waals surface area contributed by atoms with E-state index < -0.39 is 21.3 Å². The van der Waals surface area contributed by atoms with E-state index in [2.05, 4.69) is 10.2 Å². The summed E-state index contributed by atoms with van der Waals surface area (Å²) in [4.78, 5) is 15.7. The van der Waals surface area contributed by atoms with Crippen LogP contribution in [0.25, 0.3) is 0 Å². The molecule has 0 spiro atoms. The van der Waals surface area contributed by atoms with Gasteiger partial charge >= 0.3 is 0 Å². The van der Waals surface area contributed by atoms with Crippen LogP contribution in [0.3, 0.4) is 0 Å². The Labute approximate surface area is 159 Å². The maximum absolute atomic E-state index is 12.3. The zero-order chi connectivity index (χ0) is 18.7. The molecule has 0 aliphatic carbocycles. The number of hydrogen-bond acceptors (Lipinski definition) is 5. The van der Waals surface area contributed by atoms with Gasteiger partial charge in [-0.1, -0.05) is 12.1 Å². The molecule has 2 heterocycles. The van der Waals surface area contributed by atoms with E-state index in [4.69, 9.17) is 16.3 Å². The summed E-state index contributed by atoms with van der Waals surface area (Å²) in [5.74, 6) is 0.580. The molecule has 0 bridgehead atoms. The fourth-order valence-electron chi connectivity index (χ4n) is 3.55. The molecule has 1 aromatic carbocycles. The Balaban J connectivity index is 1.49. The van der Waals surface area contributed by atoms with Gasteiger partial charge in [-0.25, -0.2) is 8.42 Å². The number of ether oxygens (including phenoxy) is 1. The summed E-state index contributed by atoms with van der Waals surface area (Å²) in [6, 6.07) is 7.44. The molecular weight excluding hydrogens is 378 g/mol. The van der Waals surface area contributed by atoms with Gasteiger partial charge in [-0.15, -0.1) is 11.6 Å². The van der Waals surface area contributed by atoms with Gasteiger partial charge in [-0.3, -0.25) is 4.79 Å². The van der Waals surface area contributed by atoms with E-state index in [1.807, 2.05) is 24.3 Å². The number of nitrogens with zero attached hydrogens (tertiary/aromatic N) is 1. The van der Waals surface area contributed by atoms with Crippen molar-refractivity contribution in [1.82, 2.24) is 5.32 Å². The first kappa shape index (κ1) is 19.3. The van der Waals surface area contributed by atoms with Crippen LogP contribution in [0.1, 0.15) is 0 Å². The number of anilines is 1. The molecule has 0 radical (unpaired) electrons. The first-order valence-corrected chi connectivity index (χ1v) is 11.0. The zero-order valence-electron chi connectivity index (χ0n) is 14.8. The normalized spacial score (nSPS) is 25.8. The number of carbonyl (C=O) groups is 1. The SMILES string of the molecule is COc1ccccc1N1CC[NH+](CC(=O)N[C@H]2CS(=O)(=O)C[C@@H]2Cl)CC1. The Morgan fingerprint density at radius 2 is 2.00 bits per heavy atom. The molecule has 26 heavy (non-hydrogen) atoms. The van der Waals surface area contributed by atoms with Crippen molar-refractivity contribution >= 4 is 33.0 Å². The van der Waals surface area contributed by atoms with Crippen molar-refractivity contribution in [3.63, 3.8) is 0 Å². The van der Waals surface area contributed by atoms with Crippen LogP contribution in [0.4, 0.5) is 5.69 Å². The molecule has 1 amide bonds. The average Bonchev–Trinajstić information content (AvgIpc) is 2.87. The molecule has 0 aromatic heterocycles. The van der Waals surface area contributed by atoms with E-state index >= 15 is 0 Å². The van der Waals surface area contributed by atoms with Crippen LogP contribution in [0.2, 0.25) is 0 Å². The molecule has 7 nitrogen and oxygen atoms in total. The minimum Gasteiger partial charge on any atom is -0.495 e. The average molecular weight is 403 g/mol. The van der Waals surface area contributed by atoms with Crippen LogP contribution in [0.5, 0.6) is 5.75 Å². The Hall–Kier alpha value is -1.51. The number of alkyl halides is 1. The minimum atomic E-state index is -3.14. The highest BCUT2D eigenvalue weighted by atomic mass is 35.5. The largest absolute Gasteiger partial charge is 0.495 e. The molecule has 0 unspecified atom stereocenters. The van der Waals surface area contributed by atoms with Crippen LogP contribution >= 0.6 is 11.6 Å². The summed E-state index contributed by atoms with van der Waals surface area (Å²) < 4.78 is 28.6. The van der Waals surface area contributed by atoms with Crippen LogP contribution in [0.15, 0.2) is 24.3 Å². The summed E-state index contributed by atoms with van der Waals surface area (Å²) in [5, 5.41) is 2.25. The number of para-hydroxylation sites is 2. The number of methoxy groups -OCH3 is 1. The number of amides is 1. The number of piperazine rings is 1. The quantitative estimate of drug-likeness (QED) is 0.612. The van der Waals surface area contributed by atoms with Gasteiger partial charge < -0.3 is 19.9 Å². The van der Waals surface area contributed by atoms with Gasteiger partial charge in [0, 0.05) is 0 Å². The van der Waals surface area contributed by atoms with Crippen molar-refractivity contribution in [2.75, 3.05) is 56.2 Å². The fourth-order valence-corrected chi connectivity index (χ4v) is 6.10. The minimum absolute atomic E-state index is 0.0655. The number of carbonyl (C=O) groups excluding carboxylic acids is 1. The van der Waals surface area contributed by atoms with Gasteiger partial charge in [0.15, 0.2) is 16.4 Å². The third kappa shape index (κ3) is 4.61. The Bertz CT molecular complexity index is 750. The second kappa shape index (κ2) is 8.02. The van der Waals surface area contributed by atoms with E-state index in [-0.39, 0.29) is 17.4 Å². The molecule has 2 aliphatic rings. The zero-order valence-corrected chi connectivity index (χ0v) is 16.4. The summed E-state index contributed by atoms with van der Waals surface area (Å²) in [6.45, 7) is 3.66. The van der Waals surface area contributed by atoms with E-state index in [1.54, 1.807) is 7.11 Å². The molecule has 2 N–H and O–H groups in total. The topological polar surface area (TPSA) is 80.2 Å². The second-order valence-corrected chi connectivity index (χ2v) is 9.57. The molecule has 2 atom stereocenters. The maximum Gasteiger partial charge on any atom is 0.275 e. The molecule has 0 saturated carbocycles. The van der Waals surface area contributed by atoms with Crippen molar-refractivity contribution in [2.45, 2.75) is 11.4 Å². The number of hydrogen-bond donors (Lipinski definition) is 2. The smallest absolute Gasteiger partial charge is 0.275 e. The first-order chi connectivity index (χ1) is 12.4. The number of rotatable bonds is 5. The van der Waals surface area contributed by atoms with Crippen molar-refractivity contribution in [2.24, 2.45) is 0 Å². The summed E-state index contributed by atoms with van der Waals surface area (Å²) in [5.41, 5.74) is 1.07. The van der Waals surface area contributed by atoms with Gasteiger partial charge in [-0.05, 0) is 12.1 Å². The standard InChI is InChI=1S/C17H24ClN3O4S/c1-25-16-5-3-2-4-15(16)21-8-6-20(7-9-21)10-17(22)19-14-12-26(23,24)11-13(14)18/h2-5,13-14H,6-12H2,1H3,(H,19,22)/p+1/t13-,14-/m0/s1. The van der Waals surface area contributed by atoms with Gasteiger partial charge in [0.1, 0.15) is 5.75 Å². The highest BCUT2D eigenvalue weighted by Gasteiger charge is 2.37. The van der Waals surface area contributed by atoms with Gasteiger partial charge in [0.2, 0.25) is 0 Å². The maximum atomic E-state index is 12.3. The summed E-state index contributed by atoms with van der Waals surface area (Å²) >= 11 is 6.05. The van der Waals surface area contributed by atoms with Crippen molar-refractivity contribution in [3.05, 3.63) is 24.3 Å². The number of quaternary nitrogens is 1. The van der Waals surface area contributed by atoms with Crippen molar-refractivity contribution < 1.29 is 22.8 Å². The van der Waals surface area contributed by atoms with Crippen LogP contribution in [-0.4, -0.2) is 77.1 Å². The highest BCUT2D eigenvalue weighted by molar-refractivity contribution is 7.91. The molecule has 3 rings (SSSR count).